The van der Waals surface area contributed by atoms with Crippen molar-refractivity contribution in [2.45, 2.75) is 25.7 Å². The van der Waals surface area contributed by atoms with Crippen molar-refractivity contribution in [3.05, 3.63) is 46.9 Å². The van der Waals surface area contributed by atoms with Crippen molar-refractivity contribution in [1.82, 2.24) is 20.1 Å². The number of benzene rings is 1. The summed E-state index contributed by atoms with van der Waals surface area (Å²) in [5.41, 5.74) is 3.76. The molecule has 3 heterocycles. The Balaban J connectivity index is 1.77. The first-order chi connectivity index (χ1) is 14.1. The maximum Gasteiger partial charge on any atom is 0.357 e. The lowest BCUT2D eigenvalue weighted by molar-refractivity contribution is 0.0520. The van der Waals surface area contributed by atoms with Gasteiger partial charge in [0.25, 0.3) is 0 Å². The molecule has 1 aliphatic heterocycles. The summed E-state index contributed by atoms with van der Waals surface area (Å²) < 4.78 is 18.5. The lowest BCUT2D eigenvalue weighted by atomic mass is 9.90. The number of hydrogen-bond acceptors (Lipinski definition) is 6. The number of halogens is 1. The van der Waals surface area contributed by atoms with Crippen molar-refractivity contribution >= 4 is 17.3 Å². The zero-order valence-corrected chi connectivity index (χ0v) is 17.3. The number of ether oxygens (including phenoxy) is 1. The minimum Gasteiger partial charge on any atom is -0.461 e. The number of thiazole rings is 1. The summed E-state index contributed by atoms with van der Waals surface area (Å²) in [7, 11) is 2.13. The van der Waals surface area contributed by atoms with Crippen LogP contribution in [-0.2, 0) is 4.74 Å². The average Bonchev–Trinajstić information content (AvgIpc) is 3.36. The number of carbonyl (C=O) groups excluding carboxylic acids is 1. The largest absolute Gasteiger partial charge is 0.461 e. The third kappa shape index (κ3) is 4.09. The standard InChI is InChI=1S/C21H23FN4O2S/c1-3-28-21(27)16-12-29-20(23-16)17-18(13-4-6-15(22)7-5-13)24-25-19(17)14-8-10-26(2)11-9-14/h4-7,12,14H,3,8-11H2,1-2H3,(H,24,25). The molecule has 0 bridgehead atoms. The molecule has 1 saturated heterocycles. The van der Waals surface area contributed by atoms with Crippen molar-refractivity contribution in [2.75, 3.05) is 26.7 Å². The van der Waals surface area contributed by atoms with Gasteiger partial charge in [-0.2, -0.15) is 5.10 Å². The summed E-state index contributed by atoms with van der Waals surface area (Å²) in [5.74, 6) is -0.388. The molecule has 6 nitrogen and oxygen atoms in total. The number of esters is 1. The fourth-order valence-corrected chi connectivity index (χ4v) is 4.52. The zero-order chi connectivity index (χ0) is 20.4. The number of likely N-dealkylation sites (tertiary alicyclic amines) is 1. The first kappa shape index (κ1) is 19.7. The van der Waals surface area contributed by atoms with Crippen molar-refractivity contribution in [3.8, 4) is 21.8 Å². The molecule has 0 radical (unpaired) electrons. The fourth-order valence-electron chi connectivity index (χ4n) is 3.67. The van der Waals surface area contributed by atoms with Gasteiger partial charge in [0, 0.05) is 22.6 Å². The third-order valence-corrected chi connectivity index (χ3v) is 6.10. The summed E-state index contributed by atoms with van der Waals surface area (Å²) >= 11 is 1.40. The number of aromatic amines is 1. The maximum absolute atomic E-state index is 13.4. The second kappa shape index (κ2) is 8.42. The third-order valence-electron chi connectivity index (χ3n) is 5.24. The van der Waals surface area contributed by atoms with E-state index in [1.807, 2.05) is 0 Å². The van der Waals surface area contributed by atoms with Crippen LogP contribution >= 0.6 is 11.3 Å². The molecule has 8 heteroatoms. The molecule has 29 heavy (non-hydrogen) atoms. The average molecular weight is 415 g/mol. The van der Waals surface area contributed by atoms with Crippen LogP contribution < -0.4 is 0 Å². The van der Waals surface area contributed by atoms with Crippen LogP contribution in [0, 0.1) is 5.82 Å². The summed E-state index contributed by atoms with van der Waals surface area (Å²) in [6.45, 7) is 4.10. The SMILES string of the molecule is CCOC(=O)c1csc(-c2c(-c3ccc(F)cc3)n[nH]c2C2CCN(C)CC2)n1. The fraction of sp³-hybridized carbons (Fsp3) is 0.381. The number of aromatic nitrogens is 3. The van der Waals surface area contributed by atoms with E-state index in [2.05, 4.69) is 27.1 Å². The highest BCUT2D eigenvalue weighted by Gasteiger charge is 2.28. The first-order valence-corrected chi connectivity index (χ1v) is 10.6. The predicted octanol–water partition coefficient (Wildman–Crippen LogP) is 4.33. The Labute approximate surface area is 172 Å². The number of nitrogens with zero attached hydrogens (tertiary/aromatic N) is 3. The van der Waals surface area contributed by atoms with Gasteiger partial charge in [-0.25, -0.2) is 14.2 Å². The molecule has 0 saturated carbocycles. The van der Waals surface area contributed by atoms with Crippen molar-refractivity contribution in [2.24, 2.45) is 0 Å². The van der Waals surface area contributed by atoms with E-state index in [-0.39, 0.29) is 5.82 Å². The van der Waals surface area contributed by atoms with Gasteiger partial charge in [0.05, 0.1) is 12.2 Å². The number of hydrogen-bond donors (Lipinski definition) is 1. The van der Waals surface area contributed by atoms with Crippen LogP contribution in [0.5, 0.6) is 0 Å². The van der Waals surface area contributed by atoms with Gasteiger partial charge in [0.2, 0.25) is 0 Å². The van der Waals surface area contributed by atoms with Crippen LogP contribution in [0.3, 0.4) is 0 Å². The topological polar surface area (TPSA) is 71.1 Å². The highest BCUT2D eigenvalue weighted by molar-refractivity contribution is 7.13. The molecule has 4 rings (SSSR count). The van der Waals surface area contributed by atoms with E-state index < -0.39 is 5.97 Å². The van der Waals surface area contributed by atoms with Gasteiger partial charge in [0.15, 0.2) is 5.69 Å². The van der Waals surface area contributed by atoms with Gasteiger partial charge in [-0.1, -0.05) is 0 Å². The molecule has 0 unspecified atom stereocenters. The lowest BCUT2D eigenvalue weighted by Gasteiger charge is -2.28. The van der Waals surface area contributed by atoms with Crippen LogP contribution in [0.2, 0.25) is 0 Å². The first-order valence-electron chi connectivity index (χ1n) is 9.72. The van der Waals surface area contributed by atoms with E-state index in [4.69, 9.17) is 4.74 Å². The molecule has 0 amide bonds. The molecule has 1 N–H and O–H groups in total. The molecule has 1 aromatic carbocycles. The smallest absolute Gasteiger partial charge is 0.357 e. The van der Waals surface area contributed by atoms with E-state index >= 15 is 0 Å². The van der Waals surface area contributed by atoms with Crippen LogP contribution in [0.15, 0.2) is 29.6 Å². The number of nitrogens with one attached hydrogen (secondary N) is 1. The Kier molecular flexibility index (Phi) is 5.73. The predicted molar refractivity (Wildman–Crippen MR) is 111 cm³/mol. The Hall–Kier alpha value is -2.58. The highest BCUT2D eigenvalue weighted by atomic mass is 32.1. The molecule has 3 aromatic rings. The van der Waals surface area contributed by atoms with Crippen LogP contribution in [0.25, 0.3) is 21.8 Å². The van der Waals surface area contributed by atoms with Gasteiger partial charge in [-0.3, -0.25) is 5.10 Å². The zero-order valence-electron chi connectivity index (χ0n) is 16.4. The number of rotatable bonds is 5. The molecular weight excluding hydrogens is 391 g/mol. The summed E-state index contributed by atoms with van der Waals surface area (Å²) in [5, 5.41) is 10.2. The molecular formula is C21H23FN4O2S. The normalized spacial score (nSPS) is 15.6. The molecule has 2 aromatic heterocycles. The van der Waals surface area contributed by atoms with E-state index in [0.29, 0.717) is 18.2 Å². The molecule has 0 atom stereocenters. The van der Waals surface area contributed by atoms with Crippen molar-refractivity contribution < 1.29 is 13.9 Å². The maximum atomic E-state index is 13.4. The Bertz CT molecular complexity index is 991. The highest BCUT2D eigenvalue weighted by Crippen LogP contribution is 2.40. The molecule has 1 aliphatic rings. The quantitative estimate of drug-likeness (QED) is 0.630. The van der Waals surface area contributed by atoms with Gasteiger partial charge >= 0.3 is 5.97 Å². The molecule has 1 fully saturated rings. The Morgan fingerprint density at radius 1 is 1.31 bits per heavy atom. The minimum atomic E-state index is -0.428. The minimum absolute atomic E-state index is 0.291. The summed E-state index contributed by atoms with van der Waals surface area (Å²) in [4.78, 5) is 19.0. The number of H-pyrrole nitrogens is 1. The van der Waals surface area contributed by atoms with Crippen LogP contribution in [0.1, 0.15) is 41.9 Å². The van der Waals surface area contributed by atoms with Gasteiger partial charge in [0.1, 0.15) is 16.5 Å². The summed E-state index contributed by atoms with van der Waals surface area (Å²) in [6, 6.07) is 6.28. The van der Waals surface area contributed by atoms with E-state index in [9.17, 15) is 9.18 Å². The van der Waals surface area contributed by atoms with Crippen molar-refractivity contribution in [1.29, 1.82) is 0 Å². The van der Waals surface area contributed by atoms with Crippen LogP contribution in [0.4, 0.5) is 4.39 Å². The second-order valence-electron chi connectivity index (χ2n) is 7.20. The van der Waals surface area contributed by atoms with Gasteiger partial charge < -0.3 is 9.64 Å². The van der Waals surface area contributed by atoms with Gasteiger partial charge in [-0.05, 0) is 64.2 Å². The lowest BCUT2D eigenvalue weighted by Crippen LogP contribution is -2.29. The molecule has 0 spiro atoms. The number of piperidine rings is 1. The van der Waals surface area contributed by atoms with Crippen LogP contribution in [-0.4, -0.2) is 52.8 Å². The monoisotopic (exact) mass is 414 g/mol. The summed E-state index contributed by atoms with van der Waals surface area (Å²) in [6.07, 6.45) is 2.04. The Morgan fingerprint density at radius 2 is 2.03 bits per heavy atom. The van der Waals surface area contributed by atoms with E-state index in [1.54, 1.807) is 24.4 Å². The molecule has 152 valence electrons. The van der Waals surface area contributed by atoms with E-state index in [1.165, 1.54) is 23.5 Å². The number of carbonyl (C=O) groups is 1. The second-order valence-corrected chi connectivity index (χ2v) is 8.06. The Morgan fingerprint density at radius 3 is 2.72 bits per heavy atom. The molecule has 0 aliphatic carbocycles. The van der Waals surface area contributed by atoms with Crippen molar-refractivity contribution in [3.63, 3.8) is 0 Å². The van der Waals surface area contributed by atoms with Gasteiger partial charge in [-0.15, -0.1) is 11.3 Å². The van der Waals surface area contributed by atoms with E-state index in [0.717, 1.165) is 53.5 Å².